The molecule has 13 nitrogen and oxygen atoms in total. The Morgan fingerprint density at radius 3 is 2.76 bits per heavy atom. The normalized spacial score (nSPS) is 30.1. The fourth-order valence-electron chi connectivity index (χ4n) is 5.50. The zero-order valence-corrected chi connectivity index (χ0v) is 24.0. The number of amides is 3. The summed E-state index contributed by atoms with van der Waals surface area (Å²) >= 11 is 0. The zero-order valence-electron chi connectivity index (χ0n) is 23.2. The Labute approximate surface area is 239 Å². The van der Waals surface area contributed by atoms with E-state index in [9.17, 15) is 22.8 Å². The molecular formula is C27H37N7O6S. The molecule has 14 heteroatoms. The first-order valence-electron chi connectivity index (χ1n) is 13.9. The molecule has 0 spiro atoms. The lowest BCUT2D eigenvalue weighted by molar-refractivity contribution is -0.140. The molecule has 5 N–H and O–H groups in total. The van der Waals surface area contributed by atoms with Gasteiger partial charge in [-0.15, -0.1) is 0 Å². The molecule has 2 aliphatic heterocycles. The summed E-state index contributed by atoms with van der Waals surface area (Å²) in [5, 5.41) is 2.81. The molecule has 3 heterocycles. The first-order chi connectivity index (χ1) is 19.5. The number of hydrogen-bond acceptors (Lipinski definition) is 8. The van der Waals surface area contributed by atoms with Crippen LogP contribution in [0.3, 0.4) is 0 Å². The minimum Gasteiger partial charge on any atom is -0.459 e. The highest BCUT2D eigenvalue weighted by molar-refractivity contribution is 7.87. The highest BCUT2D eigenvalue weighted by Crippen LogP contribution is 2.45. The van der Waals surface area contributed by atoms with Gasteiger partial charge in [-0.05, 0) is 37.8 Å². The number of hydrogen-bond donors (Lipinski definition) is 4. The molecule has 5 rings (SSSR count). The topological polar surface area (TPSA) is 180 Å². The summed E-state index contributed by atoms with van der Waals surface area (Å²) in [5.74, 6) is -2.13. The zero-order chi connectivity index (χ0) is 29.4. The van der Waals surface area contributed by atoms with Crippen molar-refractivity contribution < 1.29 is 27.5 Å². The summed E-state index contributed by atoms with van der Waals surface area (Å²) < 4.78 is 33.9. The van der Waals surface area contributed by atoms with Crippen molar-refractivity contribution in [3.8, 4) is 6.01 Å². The number of nitrogens with one attached hydrogen (secondary N) is 3. The van der Waals surface area contributed by atoms with Crippen LogP contribution in [0.25, 0.3) is 11.0 Å². The Morgan fingerprint density at radius 2 is 2.00 bits per heavy atom. The molecule has 2 aromatic rings. The van der Waals surface area contributed by atoms with Crippen molar-refractivity contribution in [2.75, 3.05) is 20.6 Å². The van der Waals surface area contributed by atoms with Crippen LogP contribution in [0.15, 0.2) is 36.4 Å². The number of carbonyl (C=O) groups is 3. The van der Waals surface area contributed by atoms with E-state index in [1.807, 2.05) is 36.4 Å². The third-order valence-corrected chi connectivity index (χ3v) is 9.44. The smallest absolute Gasteiger partial charge is 0.303 e. The second-order valence-corrected chi connectivity index (χ2v) is 13.1. The van der Waals surface area contributed by atoms with Gasteiger partial charge in [-0.3, -0.25) is 14.4 Å². The number of allylic oxidation sites excluding steroid dienone is 1. The van der Waals surface area contributed by atoms with Gasteiger partial charge in [-0.2, -0.15) is 17.7 Å². The molecule has 3 aliphatic rings. The minimum atomic E-state index is -4.08. The monoisotopic (exact) mass is 587 g/mol. The molecule has 1 aliphatic carbocycles. The summed E-state index contributed by atoms with van der Waals surface area (Å²) in [4.78, 5) is 49.5. The molecule has 1 aromatic carbocycles. The molecule has 0 unspecified atom stereocenters. The molecule has 1 saturated heterocycles. The van der Waals surface area contributed by atoms with Crippen LogP contribution < -0.4 is 20.5 Å². The van der Waals surface area contributed by atoms with Crippen LogP contribution in [-0.2, 0) is 24.6 Å². The van der Waals surface area contributed by atoms with Gasteiger partial charge in [0.25, 0.3) is 11.9 Å². The Balaban J connectivity index is 1.40. The van der Waals surface area contributed by atoms with Gasteiger partial charge in [0.2, 0.25) is 11.8 Å². The number of ether oxygens (including phenoxy) is 1. The molecule has 5 atom stereocenters. The molecule has 222 valence electrons. The lowest BCUT2D eigenvalue weighted by Crippen LogP contribution is -2.58. The van der Waals surface area contributed by atoms with E-state index in [0.717, 1.165) is 41.0 Å². The number of benzene rings is 1. The van der Waals surface area contributed by atoms with Gasteiger partial charge in [-0.1, -0.05) is 37.1 Å². The molecule has 3 amide bonds. The number of imidazole rings is 1. The summed E-state index contributed by atoms with van der Waals surface area (Å²) in [6.45, 7) is 0.110. The predicted octanol–water partition coefficient (Wildman–Crippen LogP) is 0.556. The molecule has 2 fully saturated rings. The van der Waals surface area contributed by atoms with Crippen LogP contribution in [0.4, 0.5) is 0 Å². The van der Waals surface area contributed by atoms with Crippen molar-refractivity contribution >= 4 is 39.0 Å². The number of rotatable bonds is 5. The van der Waals surface area contributed by atoms with E-state index in [1.54, 1.807) is 0 Å². The van der Waals surface area contributed by atoms with Crippen molar-refractivity contribution in [1.29, 1.82) is 0 Å². The van der Waals surface area contributed by atoms with Gasteiger partial charge in [0.1, 0.15) is 17.7 Å². The highest BCUT2D eigenvalue weighted by Gasteiger charge is 2.61. The van der Waals surface area contributed by atoms with E-state index < -0.39 is 45.8 Å². The maximum absolute atomic E-state index is 13.8. The van der Waals surface area contributed by atoms with E-state index in [1.165, 1.54) is 19.0 Å². The Morgan fingerprint density at radius 1 is 1.22 bits per heavy atom. The fourth-order valence-corrected chi connectivity index (χ4v) is 6.10. The molecular weight excluding hydrogens is 550 g/mol. The SMILES string of the molecule is CN(C)S(=O)(=O)NC(=O)[C@@]12C[C@H]1/C=C\CCCCC[C@H](N)C(=O)N1C[C@H](Oc3nc4ccccc4[nH]3)C[C@H]1C(=O)N2. The van der Waals surface area contributed by atoms with Gasteiger partial charge >= 0.3 is 10.2 Å². The lowest BCUT2D eigenvalue weighted by Gasteiger charge is -2.28. The van der Waals surface area contributed by atoms with Gasteiger partial charge in [0.15, 0.2) is 0 Å². The number of nitrogens with two attached hydrogens (primary N) is 1. The van der Waals surface area contributed by atoms with Crippen LogP contribution in [0.2, 0.25) is 0 Å². The highest BCUT2D eigenvalue weighted by atomic mass is 32.2. The van der Waals surface area contributed by atoms with E-state index in [4.69, 9.17) is 10.5 Å². The average molecular weight is 588 g/mol. The third kappa shape index (κ3) is 6.09. The third-order valence-electron chi connectivity index (χ3n) is 8.03. The number of para-hydroxylation sites is 2. The first kappa shape index (κ1) is 29.0. The minimum absolute atomic E-state index is 0.110. The van der Waals surface area contributed by atoms with Crippen molar-refractivity contribution in [2.45, 2.75) is 68.7 Å². The number of nitrogens with zero attached hydrogens (tertiary/aromatic N) is 3. The average Bonchev–Trinajstić information content (AvgIpc) is 3.24. The van der Waals surface area contributed by atoms with Gasteiger partial charge in [0.05, 0.1) is 23.6 Å². The molecule has 0 bridgehead atoms. The number of fused-ring (bicyclic) bond motifs is 3. The van der Waals surface area contributed by atoms with Crippen molar-refractivity contribution in [2.24, 2.45) is 11.7 Å². The predicted molar refractivity (Wildman–Crippen MR) is 151 cm³/mol. The Bertz CT molecular complexity index is 1420. The Kier molecular flexibility index (Phi) is 8.08. The standard InChI is InChI=1S/C27H37N7O6S/c1-33(2)41(38,39)32-25(37)27-15-17(27)10-6-4-3-5-7-11-19(28)24(36)34-16-18(14-22(34)23(35)31-27)40-26-29-20-12-8-9-13-21(20)30-26/h6,8-10,12-13,17-19,22H,3-5,7,11,14-16,28H2,1-2H3,(H,29,30)(H,31,35)(H,32,37)/b10-6-/t17-,18-,19+,22+,27-/m1/s1. The maximum atomic E-state index is 13.8. The van der Waals surface area contributed by atoms with Gasteiger partial charge in [-0.25, -0.2) is 4.72 Å². The summed E-state index contributed by atoms with van der Waals surface area (Å²) in [7, 11) is -1.47. The maximum Gasteiger partial charge on any atom is 0.303 e. The van der Waals surface area contributed by atoms with Gasteiger partial charge < -0.3 is 25.7 Å². The summed E-state index contributed by atoms with van der Waals surface area (Å²) in [5.41, 5.74) is 6.35. The van der Waals surface area contributed by atoms with Crippen LogP contribution in [-0.4, -0.2) is 89.7 Å². The number of carbonyl (C=O) groups excluding carboxylic acids is 3. The quantitative estimate of drug-likeness (QED) is 0.366. The van der Waals surface area contributed by atoms with Crippen molar-refractivity contribution in [3.63, 3.8) is 0 Å². The van der Waals surface area contributed by atoms with Crippen LogP contribution in [0, 0.1) is 5.92 Å². The van der Waals surface area contributed by atoms with E-state index in [2.05, 4.69) is 20.0 Å². The number of H-pyrrole nitrogens is 1. The second kappa shape index (κ2) is 11.4. The van der Waals surface area contributed by atoms with Crippen LogP contribution >= 0.6 is 0 Å². The number of aromatic amines is 1. The van der Waals surface area contributed by atoms with E-state index in [0.29, 0.717) is 6.42 Å². The van der Waals surface area contributed by atoms with Crippen molar-refractivity contribution in [1.82, 2.24) is 29.2 Å². The van der Waals surface area contributed by atoms with Crippen LogP contribution in [0.1, 0.15) is 44.9 Å². The van der Waals surface area contributed by atoms with Gasteiger partial charge in [0, 0.05) is 26.4 Å². The molecule has 1 saturated carbocycles. The summed E-state index contributed by atoms with van der Waals surface area (Å²) in [6, 6.07) is 5.96. The first-order valence-corrected chi connectivity index (χ1v) is 15.3. The van der Waals surface area contributed by atoms with E-state index in [-0.39, 0.29) is 37.2 Å². The largest absolute Gasteiger partial charge is 0.459 e. The lowest BCUT2D eigenvalue weighted by atomic mass is 10.1. The fraction of sp³-hybridized carbons (Fsp3) is 0.556. The Hall–Kier alpha value is -3.49. The second-order valence-electron chi connectivity index (χ2n) is 11.2. The summed E-state index contributed by atoms with van der Waals surface area (Å²) in [6.07, 6.45) is 7.41. The molecule has 0 radical (unpaired) electrons. The van der Waals surface area contributed by atoms with E-state index >= 15 is 0 Å². The van der Waals surface area contributed by atoms with Crippen molar-refractivity contribution in [3.05, 3.63) is 36.4 Å². The number of aromatic nitrogens is 2. The molecule has 1 aromatic heterocycles. The van der Waals surface area contributed by atoms with Crippen LogP contribution in [0.5, 0.6) is 6.01 Å². The molecule has 41 heavy (non-hydrogen) atoms.